The van der Waals surface area contributed by atoms with Gasteiger partial charge < -0.3 is 48.9 Å². The smallest absolute Gasteiger partial charge is 0.496 e. The Morgan fingerprint density at radius 3 is 2.39 bits per heavy atom. The monoisotopic (exact) mass is 648 g/mol. The van der Waals surface area contributed by atoms with Crippen LogP contribution in [0.4, 0.5) is 9.59 Å². The van der Waals surface area contributed by atoms with Crippen LogP contribution < -0.4 is 15.4 Å². The van der Waals surface area contributed by atoms with E-state index < -0.39 is 61.3 Å². The van der Waals surface area contributed by atoms with Crippen LogP contribution in [0.1, 0.15) is 43.6 Å². The number of methoxy groups -OCH3 is 3. The number of ketones is 1. The lowest BCUT2D eigenvalue weighted by Crippen LogP contribution is -2.53. The quantitative estimate of drug-likeness (QED) is 0.136. The third-order valence-corrected chi connectivity index (χ3v) is 7.23. The third kappa shape index (κ3) is 9.82. The lowest BCUT2D eigenvalue weighted by atomic mass is 9.95. The number of rotatable bonds is 16. The van der Waals surface area contributed by atoms with Crippen molar-refractivity contribution in [2.24, 2.45) is 11.8 Å². The number of H-pyrrole nitrogens is 1. The van der Waals surface area contributed by atoms with E-state index in [4.69, 9.17) is 14.2 Å². The van der Waals surface area contributed by atoms with Gasteiger partial charge in [-0.1, -0.05) is 19.9 Å². The Morgan fingerprint density at radius 1 is 1.00 bits per heavy atom. The predicted molar refractivity (Wildman–Crippen MR) is 160 cm³/mol. The normalized spacial score (nSPS) is 15.7. The van der Waals surface area contributed by atoms with E-state index in [0.29, 0.717) is 23.1 Å². The van der Waals surface area contributed by atoms with Gasteiger partial charge in [0.1, 0.15) is 24.1 Å². The summed E-state index contributed by atoms with van der Waals surface area (Å²) < 4.78 is 28.8. The first-order valence-electron chi connectivity index (χ1n) is 14.5. The van der Waals surface area contributed by atoms with Gasteiger partial charge in [0.15, 0.2) is 19.3 Å². The van der Waals surface area contributed by atoms with Gasteiger partial charge in [0.25, 0.3) is 5.91 Å². The molecule has 0 radical (unpaired) electrons. The van der Waals surface area contributed by atoms with Crippen LogP contribution in [0.2, 0.25) is 0 Å². The number of carbonyl (C=O) groups excluding carboxylic acids is 6. The van der Waals surface area contributed by atoms with Gasteiger partial charge in [-0.05, 0) is 43.4 Å². The molecule has 1 aliphatic rings. The number of carbonyl (C=O) groups is 6. The largest absolute Gasteiger partial charge is 0.510 e. The van der Waals surface area contributed by atoms with E-state index in [-0.39, 0.29) is 43.6 Å². The standard InChI is InChI=1S/C30H40N4O12/c1-17(2)11-22(33-27(37)23-13-19-20(31-23)7-6-8-25(19)41-3)26(36)32-21(24(35)14-44-16-46-30(40)43-5)12-18-9-10-34(28(18)38)15-45-29(39)42-4/h6-8,13,17-18,21-22,31H,9-12,14-16H2,1-5H3,(H,32,36)(H,33,37)/t18-,21-,22-/m0/s1. The van der Waals surface area contributed by atoms with Crippen molar-refractivity contribution in [3.8, 4) is 5.75 Å². The van der Waals surface area contributed by atoms with Crippen molar-refractivity contribution in [1.29, 1.82) is 0 Å². The molecule has 16 heteroatoms. The molecule has 0 unspecified atom stereocenters. The van der Waals surface area contributed by atoms with Gasteiger partial charge in [-0.3, -0.25) is 19.2 Å². The number of amides is 3. The summed E-state index contributed by atoms with van der Waals surface area (Å²) in [6.07, 6.45) is -1.49. The molecule has 1 aromatic heterocycles. The number of benzene rings is 1. The molecule has 1 fully saturated rings. The number of hydrogen-bond donors (Lipinski definition) is 3. The second-order valence-electron chi connectivity index (χ2n) is 10.9. The van der Waals surface area contributed by atoms with E-state index in [9.17, 15) is 28.8 Å². The van der Waals surface area contributed by atoms with Crippen LogP contribution in [0.5, 0.6) is 5.75 Å². The minimum atomic E-state index is -1.20. The molecule has 252 valence electrons. The molecule has 3 rings (SSSR count). The first-order chi connectivity index (χ1) is 22.0. The van der Waals surface area contributed by atoms with Crippen LogP contribution in [0, 0.1) is 11.8 Å². The summed E-state index contributed by atoms with van der Waals surface area (Å²) in [4.78, 5) is 80.0. The van der Waals surface area contributed by atoms with Gasteiger partial charge >= 0.3 is 12.3 Å². The number of aromatic amines is 1. The Hall–Kier alpha value is -4.86. The van der Waals surface area contributed by atoms with Crippen LogP contribution in [-0.2, 0) is 38.1 Å². The van der Waals surface area contributed by atoms with Crippen molar-refractivity contribution in [3.05, 3.63) is 30.0 Å². The molecule has 2 heterocycles. The third-order valence-electron chi connectivity index (χ3n) is 7.23. The Kier molecular flexibility index (Phi) is 13.2. The molecule has 0 bridgehead atoms. The van der Waals surface area contributed by atoms with Crippen molar-refractivity contribution in [2.75, 3.05) is 48.0 Å². The molecule has 3 N–H and O–H groups in total. The van der Waals surface area contributed by atoms with Gasteiger partial charge in [-0.15, -0.1) is 0 Å². The molecular formula is C30H40N4O12. The Morgan fingerprint density at radius 2 is 1.72 bits per heavy atom. The number of fused-ring (bicyclic) bond motifs is 1. The average Bonchev–Trinajstić information content (AvgIpc) is 3.63. The predicted octanol–water partition coefficient (Wildman–Crippen LogP) is 2.11. The number of likely N-dealkylation sites (tertiary alicyclic amines) is 1. The molecule has 0 spiro atoms. The first-order valence-corrected chi connectivity index (χ1v) is 14.5. The van der Waals surface area contributed by atoms with Gasteiger partial charge in [-0.2, -0.15) is 0 Å². The van der Waals surface area contributed by atoms with Crippen LogP contribution in [0.3, 0.4) is 0 Å². The highest BCUT2D eigenvalue weighted by atomic mass is 16.8. The summed E-state index contributed by atoms with van der Waals surface area (Å²) in [5.41, 5.74) is 0.877. The zero-order valence-corrected chi connectivity index (χ0v) is 26.4. The van der Waals surface area contributed by atoms with Crippen molar-refractivity contribution in [2.45, 2.75) is 45.2 Å². The fourth-order valence-electron chi connectivity index (χ4n) is 4.93. The summed E-state index contributed by atoms with van der Waals surface area (Å²) in [6, 6.07) is 4.70. The molecule has 3 atom stereocenters. The maximum atomic E-state index is 13.6. The van der Waals surface area contributed by atoms with E-state index in [1.54, 1.807) is 24.3 Å². The molecule has 0 aliphatic carbocycles. The summed E-state index contributed by atoms with van der Waals surface area (Å²) in [6.45, 7) is 2.53. The highest BCUT2D eigenvalue weighted by molar-refractivity contribution is 6.02. The number of Topliss-reactive ketones (excluding diaryl/α,β-unsaturated/α-hetero) is 1. The molecule has 2 aromatic rings. The maximum Gasteiger partial charge on any atom is 0.510 e. The minimum Gasteiger partial charge on any atom is -0.496 e. The lowest BCUT2D eigenvalue weighted by Gasteiger charge is -2.25. The number of nitrogens with zero attached hydrogens (tertiary/aromatic N) is 1. The van der Waals surface area contributed by atoms with Crippen molar-refractivity contribution < 1.29 is 57.2 Å². The summed E-state index contributed by atoms with van der Waals surface area (Å²) >= 11 is 0. The number of nitrogens with one attached hydrogen (secondary N) is 3. The lowest BCUT2D eigenvalue weighted by molar-refractivity contribution is -0.137. The molecule has 0 saturated carbocycles. The molecule has 3 amide bonds. The SMILES string of the molecule is COC(=O)OCOCC(=O)[C@H](C[C@@H]1CCN(COC(=O)OC)C1=O)NC(=O)[C@H](CC(C)C)NC(=O)c1cc2c(OC)cccc2[nH]1. The Labute approximate surface area is 265 Å². The fraction of sp³-hybridized carbons (Fsp3) is 0.533. The van der Waals surface area contributed by atoms with E-state index in [2.05, 4.69) is 29.8 Å². The molecule has 1 aliphatic heterocycles. The number of hydrogen-bond acceptors (Lipinski definition) is 12. The van der Waals surface area contributed by atoms with E-state index in [0.717, 1.165) is 14.2 Å². The van der Waals surface area contributed by atoms with E-state index in [1.165, 1.54) is 12.0 Å². The zero-order valence-electron chi connectivity index (χ0n) is 26.4. The average molecular weight is 649 g/mol. The van der Waals surface area contributed by atoms with E-state index >= 15 is 0 Å². The minimum absolute atomic E-state index is 0.0217. The van der Waals surface area contributed by atoms with Gasteiger partial charge in [0.2, 0.25) is 11.8 Å². The maximum absolute atomic E-state index is 13.6. The highest BCUT2D eigenvalue weighted by Crippen LogP contribution is 2.26. The Balaban J connectivity index is 1.75. The highest BCUT2D eigenvalue weighted by Gasteiger charge is 2.37. The van der Waals surface area contributed by atoms with Crippen LogP contribution in [-0.4, -0.2) is 106 Å². The molecule has 16 nitrogen and oxygen atoms in total. The van der Waals surface area contributed by atoms with Gasteiger partial charge in [0.05, 0.1) is 27.4 Å². The number of ether oxygens (including phenoxy) is 6. The summed E-state index contributed by atoms with van der Waals surface area (Å²) in [5, 5.41) is 6.12. The van der Waals surface area contributed by atoms with Gasteiger partial charge in [-0.25, -0.2) is 9.59 Å². The van der Waals surface area contributed by atoms with Crippen LogP contribution in [0.25, 0.3) is 10.9 Å². The summed E-state index contributed by atoms with van der Waals surface area (Å²) in [5.74, 6) is -2.31. The number of aromatic nitrogens is 1. The van der Waals surface area contributed by atoms with Crippen LogP contribution >= 0.6 is 0 Å². The van der Waals surface area contributed by atoms with Crippen LogP contribution in [0.15, 0.2) is 24.3 Å². The molecular weight excluding hydrogens is 608 g/mol. The topological polar surface area (TPSA) is 201 Å². The van der Waals surface area contributed by atoms with Crippen molar-refractivity contribution in [3.63, 3.8) is 0 Å². The molecule has 1 aromatic carbocycles. The second-order valence-corrected chi connectivity index (χ2v) is 10.9. The van der Waals surface area contributed by atoms with Gasteiger partial charge in [0, 0.05) is 23.4 Å². The fourth-order valence-corrected chi connectivity index (χ4v) is 4.93. The van der Waals surface area contributed by atoms with Crippen molar-refractivity contribution >= 4 is 46.7 Å². The van der Waals surface area contributed by atoms with E-state index in [1.807, 2.05) is 13.8 Å². The van der Waals surface area contributed by atoms with Crippen molar-refractivity contribution in [1.82, 2.24) is 20.5 Å². The zero-order chi connectivity index (χ0) is 33.8. The Bertz CT molecular complexity index is 1410. The molecule has 1 saturated heterocycles. The second kappa shape index (κ2) is 17.0. The first kappa shape index (κ1) is 35.6. The molecule has 46 heavy (non-hydrogen) atoms. The summed E-state index contributed by atoms with van der Waals surface area (Å²) in [7, 11) is 3.77.